The summed E-state index contributed by atoms with van der Waals surface area (Å²) in [4.78, 5) is 6.23. The van der Waals surface area contributed by atoms with Crippen molar-refractivity contribution in [2.75, 3.05) is 46.1 Å². The van der Waals surface area contributed by atoms with Gasteiger partial charge in [0.25, 0.3) is 0 Å². The highest BCUT2D eigenvalue weighted by Gasteiger charge is 2.31. The lowest BCUT2D eigenvalue weighted by Gasteiger charge is -2.34. The predicted molar refractivity (Wildman–Crippen MR) is 134 cm³/mol. The van der Waals surface area contributed by atoms with E-state index in [1.807, 2.05) is 0 Å². The van der Waals surface area contributed by atoms with Gasteiger partial charge in [0.2, 0.25) is 0 Å². The van der Waals surface area contributed by atoms with Gasteiger partial charge >= 0.3 is 0 Å². The van der Waals surface area contributed by atoms with E-state index in [1.54, 1.807) is 11.3 Å². The fourth-order valence-electron chi connectivity index (χ4n) is 5.14. The number of nitrogens with one attached hydrogen (secondary N) is 1. The Kier molecular flexibility index (Phi) is 6.23. The van der Waals surface area contributed by atoms with E-state index in [-0.39, 0.29) is 13.2 Å². The van der Waals surface area contributed by atoms with E-state index in [4.69, 9.17) is 4.74 Å². The van der Waals surface area contributed by atoms with Crippen LogP contribution < -0.4 is 0 Å². The molecule has 2 aromatic heterocycles. The van der Waals surface area contributed by atoms with E-state index < -0.39 is 6.67 Å². The zero-order valence-electron chi connectivity index (χ0n) is 19.3. The van der Waals surface area contributed by atoms with Crippen molar-refractivity contribution in [1.29, 1.82) is 0 Å². The molecule has 7 heteroatoms. The molecule has 0 radical (unpaired) electrons. The molecular formula is C27H29FN4OS. The van der Waals surface area contributed by atoms with E-state index in [9.17, 15) is 4.39 Å². The lowest BCUT2D eigenvalue weighted by molar-refractivity contribution is 0.121. The van der Waals surface area contributed by atoms with Gasteiger partial charge in [-0.15, -0.1) is 11.3 Å². The van der Waals surface area contributed by atoms with Gasteiger partial charge in [-0.2, -0.15) is 5.10 Å². The number of rotatable bonds is 7. The number of H-pyrrole nitrogens is 1. The minimum Gasteiger partial charge on any atom is -0.366 e. The van der Waals surface area contributed by atoms with Gasteiger partial charge in [0.15, 0.2) is 0 Å². The largest absolute Gasteiger partial charge is 0.366 e. The highest BCUT2D eigenvalue weighted by molar-refractivity contribution is 7.11. The minimum atomic E-state index is -0.476. The van der Waals surface area contributed by atoms with Crippen LogP contribution in [-0.2, 0) is 17.7 Å². The summed E-state index contributed by atoms with van der Waals surface area (Å²) in [6.07, 6.45) is 3.71. The number of benzene rings is 1. The second kappa shape index (κ2) is 9.63. The molecule has 1 N–H and O–H groups in total. The molecular weight excluding hydrogens is 447 g/mol. The molecule has 2 fully saturated rings. The van der Waals surface area contributed by atoms with Gasteiger partial charge < -0.3 is 4.74 Å². The zero-order chi connectivity index (χ0) is 22.9. The molecule has 0 amide bonds. The summed E-state index contributed by atoms with van der Waals surface area (Å²) in [6, 6.07) is 9.90. The van der Waals surface area contributed by atoms with Crippen LogP contribution in [0.3, 0.4) is 0 Å². The maximum atomic E-state index is 12.1. The second-order valence-electron chi connectivity index (χ2n) is 9.38. The monoisotopic (exact) mass is 476 g/mol. The molecule has 2 aliphatic carbocycles. The predicted octanol–water partition coefficient (Wildman–Crippen LogP) is 4.33. The fraction of sp³-hybridized carbons (Fsp3) is 0.444. The number of nitrogens with zero attached hydrogens (tertiary/aromatic N) is 3. The molecule has 0 spiro atoms. The van der Waals surface area contributed by atoms with Crippen LogP contribution in [0.2, 0.25) is 0 Å². The molecule has 1 saturated heterocycles. The summed E-state index contributed by atoms with van der Waals surface area (Å²) in [5, 5.41) is 10.0. The van der Waals surface area contributed by atoms with Crippen LogP contribution in [0, 0.1) is 11.8 Å². The number of ether oxygens (including phenoxy) is 1. The summed E-state index contributed by atoms with van der Waals surface area (Å²) in [7, 11) is 0. The van der Waals surface area contributed by atoms with Crippen molar-refractivity contribution in [3.63, 3.8) is 0 Å². The number of fused-ring (bicyclic) bond motifs is 3. The van der Waals surface area contributed by atoms with E-state index in [2.05, 4.69) is 61.5 Å². The van der Waals surface area contributed by atoms with Crippen molar-refractivity contribution in [2.45, 2.75) is 31.8 Å². The van der Waals surface area contributed by atoms with Crippen LogP contribution in [0.1, 0.15) is 34.4 Å². The third-order valence-corrected chi connectivity index (χ3v) is 7.88. The lowest BCUT2D eigenvalue weighted by Crippen LogP contribution is -2.46. The molecule has 3 aromatic rings. The molecule has 0 bridgehead atoms. The Hall–Kier alpha value is -2.50. The quantitative estimate of drug-likeness (QED) is 0.319. The molecule has 5 nitrogen and oxygen atoms in total. The Morgan fingerprint density at radius 1 is 1.18 bits per heavy atom. The maximum Gasteiger partial charge on any atom is 0.113 e. The molecule has 34 heavy (non-hydrogen) atoms. The number of hydrogen-bond acceptors (Lipinski definition) is 5. The minimum absolute atomic E-state index is 0.100. The maximum absolute atomic E-state index is 12.1. The van der Waals surface area contributed by atoms with Crippen molar-refractivity contribution in [3.8, 4) is 34.4 Å². The molecule has 3 aliphatic rings. The van der Waals surface area contributed by atoms with Crippen LogP contribution in [0.15, 0.2) is 29.6 Å². The number of piperazine rings is 1. The Morgan fingerprint density at radius 2 is 2.06 bits per heavy atom. The van der Waals surface area contributed by atoms with E-state index in [1.165, 1.54) is 61.3 Å². The first kappa shape index (κ1) is 22.0. The van der Waals surface area contributed by atoms with Gasteiger partial charge in [0, 0.05) is 67.3 Å². The van der Waals surface area contributed by atoms with Gasteiger partial charge in [-0.3, -0.25) is 14.9 Å². The van der Waals surface area contributed by atoms with Crippen molar-refractivity contribution in [1.82, 2.24) is 20.0 Å². The van der Waals surface area contributed by atoms with Gasteiger partial charge in [-0.05, 0) is 30.0 Å². The fourth-order valence-corrected chi connectivity index (χ4v) is 5.90. The van der Waals surface area contributed by atoms with Crippen LogP contribution >= 0.6 is 11.3 Å². The van der Waals surface area contributed by atoms with Crippen molar-refractivity contribution in [3.05, 3.63) is 51.2 Å². The third kappa shape index (κ3) is 4.56. The highest BCUT2D eigenvalue weighted by Crippen LogP contribution is 2.41. The number of thiophene rings is 1. The molecule has 1 aliphatic heterocycles. The molecule has 0 unspecified atom stereocenters. The zero-order valence-corrected chi connectivity index (χ0v) is 20.1. The first-order chi connectivity index (χ1) is 16.8. The Bertz CT molecular complexity index is 1230. The lowest BCUT2D eigenvalue weighted by atomic mass is 10.0. The average Bonchev–Trinajstić information content (AvgIpc) is 3.29. The molecule has 6 rings (SSSR count). The van der Waals surface area contributed by atoms with Gasteiger partial charge in [-0.25, -0.2) is 4.39 Å². The molecule has 1 aromatic carbocycles. The van der Waals surface area contributed by atoms with Crippen molar-refractivity contribution >= 4 is 11.3 Å². The van der Waals surface area contributed by atoms with E-state index in [0.717, 1.165) is 40.8 Å². The number of alkyl halides is 1. The number of aromatic amines is 1. The van der Waals surface area contributed by atoms with E-state index in [0.29, 0.717) is 0 Å². The smallest absolute Gasteiger partial charge is 0.113 e. The second-order valence-corrected chi connectivity index (χ2v) is 10.3. The Balaban J connectivity index is 1.12. The summed E-state index contributed by atoms with van der Waals surface area (Å²) in [5.41, 5.74) is 8.60. The standard InChI is InChI=1S/C27H29FN4OS/c28-7-13-33-12-1-2-23-15-21(18-34-23)26-25-16-20-14-19(3-6-24(20)27(25)30-29-26)17-31-8-10-32(11-9-31)22-4-5-22/h3,6,14-15,18,22H,4-5,7-13,16-17H2,(H,29,30). The summed E-state index contributed by atoms with van der Waals surface area (Å²) in [5.74, 6) is 6.05. The van der Waals surface area contributed by atoms with Gasteiger partial charge in [0.05, 0.1) is 22.9 Å². The molecule has 1 saturated carbocycles. The van der Waals surface area contributed by atoms with Crippen LogP contribution in [0.4, 0.5) is 4.39 Å². The topological polar surface area (TPSA) is 44.4 Å². The Labute approximate surface area is 203 Å². The molecule has 3 heterocycles. The van der Waals surface area contributed by atoms with Gasteiger partial charge in [-0.1, -0.05) is 30.0 Å². The van der Waals surface area contributed by atoms with Crippen LogP contribution in [0.5, 0.6) is 0 Å². The number of aromatic nitrogens is 2. The Morgan fingerprint density at radius 3 is 2.88 bits per heavy atom. The van der Waals surface area contributed by atoms with Crippen molar-refractivity contribution in [2.24, 2.45) is 0 Å². The van der Waals surface area contributed by atoms with Crippen LogP contribution in [0.25, 0.3) is 22.5 Å². The van der Waals surface area contributed by atoms with Crippen molar-refractivity contribution < 1.29 is 9.13 Å². The highest BCUT2D eigenvalue weighted by atomic mass is 32.1. The molecule has 0 atom stereocenters. The first-order valence-electron chi connectivity index (χ1n) is 12.2. The SMILES string of the molecule is FCCOCC#Cc1cc(-c2n[nH]c3c2Cc2cc(CN4CCN(C5CC5)CC4)ccc2-3)cs1. The van der Waals surface area contributed by atoms with E-state index >= 15 is 0 Å². The normalized spacial score (nSPS) is 17.9. The number of halogens is 1. The van der Waals surface area contributed by atoms with Gasteiger partial charge in [0.1, 0.15) is 13.3 Å². The number of hydrogen-bond donors (Lipinski definition) is 1. The third-order valence-electron chi connectivity index (χ3n) is 7.03. The first-order valence-corrected chi connectivity index (χ1v) is 13.0. The molecule has 176 valence electrons. The summed E-state index contributed by atoms with van der Waals surface area (Å²) >= 11 is 1.60. The summed E-state index contributed by atoms with van der Waals surface area (Å²) in [6.45, 7) is 5.69. The van der Waals surface area contributed by atoms with Crippen LogP contribution in [-0.4, -0.2) is 72.1 Å². The average molecular weight is 477 g/mol. The summed E-state index contributed by atoms with van der Waals surface area (Å²) < 4.78 is 17.2.